The van der Waals surface area contributed by atoms with Crippen molar-refractivity contribution in [1.29, 1.82) is 0 Å². The first-order chi connectivity index (χ1) is 9.74. The summed E-state index contributed by atoms with van der Waals surface area (Å²) >= 11 is 0. The molecule has 21 heavy (non-hydrogen) atoms. The Bertz CT molecular complexity index is 618. The van der Waals surface area contributed by atoms with E-state index in [4.69, 9.17) is 9.15 Å². The number of nitrogens with zero attached hydrogens (tertiary/aromatic N) is 2. The average molecular weight is 300 g/mol. The van der Waals surface area contributed by atoms with Gasteiger partial charge >= 0.3 is 6.18 Å². The van der Waals surface area contributed by atoms with Crippen LogP contribution >= 0.6 is 0 Å². The van der Waals surface area contributed by atoms with E-state index in [1.807, 2.05) is 0 Å². The molecule has 1 saturated heterocycles. The number of hydrogen-bond acceptors (Lipinski definition) is 4. The molecule has 0 radical (unpaired) electrons. The maximum atomic E-state index is 13.0. The summed E-state index contributed by atoms with van der Waals surface area (Å²) < 4.78 is 49.6. The van der Waals surface area contributed by atoms with Crippen LogP contribution in [0.4, 0.5) is 19.2 Å². The lowest BCUT2D eigenvalue weighted by atomic mass is 10.1. The van der Waals surface area contributed by atoms with E-state index in [1.54, 1.807) is 38.1 Å². The number of aromatic nitrogens is 1. The Balaban J connectivity index is 1.93. The highest BCUT2D eigenvalue weighted by atomic mass is 19.4. The van der Waals surface area contributed by atoms with E-state index in [2.05, 4.69) is 4.98 Å². The lowest BCUT2D eigenvalue weighted by Gasteiger charge is -2.42. The SMILES string of the molecule is CC1(C)CN(c2nc3ccccc3o2)CC(C(F)(F)F)O1. The molecular formula is C14H15F3N2O2. The molecule has 1 aliphatic heterocycles. The Morgan fingerprint density at radius 1 is 1.29 bits per heavy atom. The normalized spacial score (nSPS) is 22.7. The maximum absolute atomic E-state index is 13.0. The number of hydrogen-bond donors (Lipinski definition) is 0. The topological polar surface area (TPSA) is 38.5 Å². The molecule has 114 valence electrons. The molecule has 1 aromatic carbocycles. The van der Waals surface area contributed by atoms with Crippen LogP contribution in [0, 0.1) is 0 Å². The van der Waals surface area contributed by atoms with Crippen LogP contribution in [0.1, 0.15) is 13.8 Å². The molecule has 1 fully saturated rings. The molecule has 3 rings (SSSR count). The van der Waals surface area contributed by atoms with E-state index in [9.17, 15) is 13.2 Å². The number of fused-ring (bicyclic) bond motifs is 1. The van der Waals surface area contributed by atoms with Crippen LogP contribution in [0.15, 0.2) is 28.7 Å². The Kier molecular flexibility index (Phi) is 3.12. The number of oxazole rings is 1. The molecule has 2 aromatic rings. The summed E-state index contributed by atoms with van der Waals surface area (Å²) in [6.07, 6.45) is -6.27. The molecule has 0 amide bonds. The van der Waals surface area contributed by atoms with Crippen molar-refractivity contribution >= 4 is 17.1 Å². The van der Waals surface area contributed by atoms with Crippen molar-refractivity contribution in [3.8, 4) is 0 Å². The number of morpholine rings is 1. The van der Waals surface area contributed by atoms with Gasteiger partial charge in [-0.2, -0.15) is 18.2 Å². The van der Waals surface area contributed by atoms with E-state index in [0.717, 1.165) is 0 Å². The van der Waals surface area contributed by atoms with E-state index in [1.165, 1.54) is 4.90 Å². The van der Waals surface area contributed by atoms with Crippen LogP contribution in [0.2, 0.25) is 0 Å². The largest absolute Gasteiger partial charge is 0.423 e. The first-order valence-corrected chi connectivity index (χ1v) is 6.60. The van der Waals surface area contributed by atoms with Crippen LogP contribution in [0.25, 0.3) is 11.1 Å². The highest BCUT2D eigenvalue weighted by molar-refractivity contribution is 5.74. The van der Waals surface area contributed by atoms with Crippen molar-refractivity contribution in [3.05, 3.63) is 24.3 Å². The highest BCUT2D eigenvalue weighted by Gasteiger charge is 2.48. The second-order valence-corrected chi connectivity index (χ2v) is 5.75. The van der Waals surface area contributed by atoms with E-state index in [-0.39, 0.29) is 19.1 Å². The fourth-order valence-electron chi connectivity index (χ4n) is 2.50. The Morgan fingerprint density at radius 2 is 2.00 bits per heavy atom. The molecule has 0 aliphatic carbocycles. The average Bonchev–Trinajstić information content (AvgIpc) is 2.79. The fourth-order valence-corrected chi connectivity index (χ4v) is 2.50. The van der Waals surface area contributed by atoms with Crippen molar-refractivity contribution in [2.45, 2.75) is 31.7 Å². The summed E-state index contributed by atoms with van der Waals surface area (Å²) in [5.74, 6) is 0. The minimum atomic E-state index is -4.41. The summed E-state index contributed by atoms with van der Waals surface area (Å²) in [5.41, 5.74) is 0.250. The first kappa shape index (κ1) is 14.2. The lowest BCUT2D eigenvalue weighted by molar-refractivity contribution is -0.252. The number of benzene rings is 1. The molecule has 1 aliphatic rings. The molecule has 1 atom stereocenters. The van der Waals surface area contributed by atoms with Gasteiger partial charge in [0.25, 0.3) is 6.01 Å². The van der Waals surface area contributed by atoms with E-state index in [0.29, 0.717) is 11.1 Å². The number of para-hydroxylation sites is 2. The molecule has 4 nitrogen and oxygen atoms in total. The molecule has 1 aromatic heterocycles. The molecule has 0 bridgehead atoms. The summed E-state index contributed by atoms with van der Waals surface area (Å²) in [4.78, 5) is 5.74. The summed E-state index contributed by atoms with van der Waals surface area (Å²) in [7, 11) is 0. The smallest absolute Gasteiger partial charge is 0.416 e. The third-order valence-electron chi connectivity index (χ3n) is 3.34. The van der Waals surface area contributed by atoms with Crippen molar-refractivity contribution in [1.82, 2.24) is 4.98 Å². The number of alkyl halides is 3. The van der Waals surface area contributed by atoms with Crippen LogP contribution in [0.5, 0.6) is 0 Å². The number of rotatable bonds is 1. The summed E-state index contributed by atoms with van der Waals surface area (Å²) in [5, 5.41) is 0. The molecule has 0 N–H and O–H groups in total. The van der Waals surface area contributed by atoms with Gasteiger partial charge in [-0.1, -0.05) is 12.1 Å². The molecule has 7 heteroatoms. The number of ether oxygens (including phenoxy) is 1. The van der Waals surface area contributed by atoms with Crippen LogP contribution < -0.4 is 4.90 Å². The van der Waals surface area contributed by atoms with Gasteiger partial charge in [0.2, 0.25) is 0 Å². The van der Waals surface area contributed by atoms with Crippen molar-refractivity contribution < 1.29 is 22.3 Å². The quantitative estimate of drug-likeness (QED) is 0.809. The van der Waals surface area contributed by atoms with Crippen LogP contribution in [-0.2, 0) is 4.74 Å². The zero-order valence-corrected chi connectivity index (χ0v) is 11.6. The van der Waals surface area contributed by atoms with Gasteiger partial charge in [0.15, 0.2) is 11.7 Å². The van der Waals surface area contributed by atoms with Gasteiger partial charge in [-0.3, -0.25) is 0 Å². The molecule has 0 spiro atoms. The van der Waals surface area contributed by atoms with Gasteiger partial charge in [-0.05, 0) is 26.0 Å². The monoisotopic (exact) mass is 300 g/mol. The third-order valence-corrected chi connectivity index (χ3v) is 3.34. The van der Waals surface area contributed by atoms with Gasteiger partial charge in [0, 0.05) is 0 Å². The predicted octanol–water partition coefficient (Wildman–Crippen LogP) is 3.37. The van der Waals surface area contributed by atoms with Crippen molar-refractivity contribution in [2.75, 3.05) is 18.0 Å². The lowest BCUT2D eigenvalue weighted by Crippen LogP contribution is -2.57. The van der Waals surface area contributed by atoms with E-state index >= 15 is 0 Å². The van der Waals surface area contributed by atoms with Gasteiger partial charge in [-0.15, -0.1) is 0 Å². The maximum Gasteiger partial charge on any atom is 0.416 e. The van der Waals surface area contributed by atoms with Crippen LogP contribution in [-0.4, -0.2) is 36.0 Å². The van der Waals surface area contributed by atoms with Crippen LogP contribution in [0.3, 0.4) is 0 Å². The molecular weight excluding hydrogens is 285 g/mol. The van der Waals surface area contributed by atoms with Gasteiger partial charge in [-0.25, -0.2) is 0 Å². The molecule has 1 unspecified atom stereocenters. The highest BCUT2D eigenvalue weighted by Crippen LogP contribution is 2.34. The summed E-state index contributed by atoms with van der Waals surface area (Å²) in [6, 6.07) is 7.28. The summed E-state index contributed by atoms with van der Waals surface area (Å²) in [6.45, 7) is 3.22. The van der Waals surface area contributed by atoms with Gasteiger partial charge in [0.1, 0.15) is 5.52 Å². The van der Waals surface area contributed by atoms with Crippen molar-refractivity contribution in [3.63, 3.8) is 0 Å². The van der Waals surface area contributed by atoms with E-state index < -0.39 is 17.9 Å². The minimum absolute atomic E-state index is 0.196. The predicted molar refractivity (Wildman–Crippen MR) is 71.2 cm³/mol. The Morgan fingerprint density at radius 3 is 2.67 bits per heavy atom. The molecule has 2 heterocycles. The van der Waals surface area contributed by atoms with Gasteiger partial charge < -0.3 is 14.1 Å². The minimum Gasteiger partial charge on any atom is -0.423 e. The van der Waals surface area contributed by atoms with Crippen molar-refractivity contribution in [2.24, 2.45) is 0 Å². The Labute approximate surface area is 119 Å². The standard InChI is InChI=1S/C14H15F3N2O2/c1-13(2)8-19(7-11(21-13)14(15,16)17)12-18-9-5-3-4-6-10(9)20-12/h3-6,11H,7-8H2,1-2H3. The van der Waals surface area contributed by atoms with Gasteiger partial charge in [0.05, 0.1) is 18.7 Å². The Hall–Kier alpha value is -1.76. The second-order valence-electron chi connectivity index (χ2n) is 5.75. The number of anilines is 1. The molecule has 0 saturated carbocycles. The third kappa shape index (κ3) is 2.83. The zero-order chi connectivity index (χ0) is 15.3. The number of halogens is 3. The zero-order valence-electron chi connectivity index (χ0n) is 11.6. The fraction of sp³-hybridized carbons (Fsp3) is 0.500. The second kappa shape index (κ2) is 4.62. The first-order valence-electron chi connectivity index (χ1n) is 6.60.